The molecule has 0 aliphatic heterocycles. The average molecular weight is 487 g/mol. The summed E-state index contributed by atoms with van der Waals surface area (Å²) >= 11 is 6.62. The van der Waals surface area contributed by atoms with E-state index in [1.807, 2.05) is 36.4 Å². The molecule has 5 aromatic rings. The highest BCUT2D eigenvalue weighted by molar-refractivity contribution is 6.35. The van der Waals surface area contributed by atoms with Gasteiger partial charge in [0.1, 0.15) is 29.8 Å². The van der Waals surface area contributed by atoms with Crippen LogP contribution in [0.1, 0.15) is 34.6 Å². The van der Waals surface area contributed by atoms with Crippen LogP contribution in [-0.4, -0.2) is 37.1 Å². The van der Waals surface area contributed by atoms with Gasteiger partial charge >= 0.3 is 0 Å². The van der Waals surface area contributed by atoms with Crippen LogP contribution in [0.5, 0.6) is 0 Å². The van der Waals surface area contributed by atoms with Gasteiger partial charge < -0.3 is 20.2 Å². The number of anilines is 2. The smallest absolute Gasteiger partial charge is 0.180 e. The van der Waals surface area contributed by atoms with E-state index in [4.69, 9.17) is 16.0 Å². The number of hydrogen-bond donors (Lipinski definition) is 4. The summed E-state index contributed by atoms with van der Waals surface area (Å²) in [5.41, 5.74) is 4.07. The Kier molecular flexibility index (Phi) is 6.26. The quantitative estimate of drug-likeness (QED) is 0.253. The largest absolute Gasteiger partial charge is 0.451 e. The number of nitrogens with zero attached hydrogens (tertiary/aromatic N) is 5. The van der Waals surface area contributed by atoms with Gasteiger partial charge in [-0.2, -0.15) is 20.7 Å². The Morgan fingerprint density at radius 1 is 1.11 bits per heavy atom. The fourth-order valence-electron chi connectivity index (χ4n) is 3.86. The fourth-order valence-corrected chi connectivity index (χ4v) is 4.13. The van der Waals surface area contributed by atoms with E-state index in [1.54, 1.807) is 12.3 Å². The summed E-state index contributed by atoms with van der Waals surface area (Å²) in [4.78, 5) is 8.64. The van der Waals surface area contributed by atoms with Crippen LogP contribution >= 0.6 is 11.6 Å². The van der Waals surface area contributed by atoms with Crippen molar-refractivity contribution in [3.8, 4) is 6.07 Å². The molecule has 0 fully saturated rings. The topological polar surface area (TPSA) is 149 Å². The van der Waals surface area contributed by atoms with E-state index >= 15 is 0 Å². The van der Waals surface area contributed by atoms with E-state index in [0.717, 1.165) is 5.56 Å². The van der Waals surface area contributed by atoms with Crippen molar-refractivity contribution >= 4 is 33.9 Å². The average Bonchev–Trinajstić information content (AvgIpc) is 3.61. The standard InChI is InChI=1S/C24H19ClN8O2/c25-18-7-16(30-24(19-10-29-33-32-19)21-12-35-13-28-21)6-17-22(15(8-26)9-27-23(17)18)31-20(11-34)14-4-2-1-3-5-14/h1-7,9-10,12-13,20,24,30,34H,11H2,(H,27,31)(H,29,32,33)/t20-,24+/m0/s1. The van der Waals surface area contributed by atoms with E-state index in [0.29, 0.717) is 44.3 Å². The number of benzene rings is 2. The highest BCUT2D eigenvalue weighted by Crippen LogP contribution is 2.36. The summed E-state index contributed by atoms with van der Waals surface area (Å²) in [5.74, 6) is 0. The first-order valence-electron chi connectivity index (χ1n) is 10.6. The zero-order chi connectivity index (χ0) is 24.2. The number of hydrogen-bond acceptors (Lipinski definition) is 9. The minimum absolute atomic E-state index is 0.176. The summed E-state index contributed by atoms with van der Waals surface area (Å²) in [6, 6.07) is 14.3. The van der Waals surface area contributed by atoms with Crippen LogP contribution in [0, 0.1) is 11.3 Å². The number of nitriles is 1. The van der Waals surface area contributed by atoms with Gasteiger partial charge in [-0.05, 0) is 17.7 Å². The van der Waals surface area contributed by atoms with Crippen LogP contribution in [0.25, 0.3) is 10.9 Å². The Hall–Kier alpha value is -4.46. The number of pyridine rings is 1. The highest BCUT2D eigenvalue weighted by atomic mass is 35.5. The van der Waals surface area contributed by atoms with Crippen LogP contribution in [0.15, 0.2) is 71.9 Å². The molecule has 5 rings (SSSR count). The van der Waals surface area contributed by atoms with Crippen molar-refractivity contribution in [1.82, 2.24) is 25.4 Å². The molecule has 2 aromatic carbocycles. The summed E-state index contributed by atoms with van der Waals surface area (Å²) in [6.45, 7) is -0.176. The van der Waals surface area contributed by atoms with E-state index in [2.05, 4.69) is 42.1 Å². The SMILES string of the molecule is N#Cc1cnc2c(Cl)cc(N[C@@H](c3cocn3)c3cn[nH]n3)cc2c1N[C@@H](CO)c1ccccc1. The van der Waals surface area contributed by atoms with Gasteiger partial charge in [0.05, 0.1) is 40.6 Å². The number of oxazole rings is 1. The number of aromatic amines is 1. The van der Waals surface area contributed by atoms with Gasteiger partial charge in [-0.15, -0.1) is 0 Å². The molecule has 0 amide bonds. The maximum Gasteiger partial charge on any atom is 0.180 e. The Bertz CT molecular complexity index is 1430. The molecule has 35 heavy (non-hydrogen) atoms. The molecule has 0 aliphatic carbocycles. The first-order valence-corrected chi connectivity index (χ1v) is 11.0. The molecule has 174 valence electrons. The van der Waals surface area contributed by atoms with Crippen LogP contribution in [-0.2, 0) is 0 Å². The second-order valence-corrected chi connectivity index (χ2v) is 8.10. The lowest BCUT2D eigenvalue weighted by Crippen LogP contribution is -2.16. The number of halogens is 1. The van der Waals surface area contributed by atoms with E-state index in [-0.39, 0.29) is 6.61 Å². The van der Waals surface area contributed by atoms with E-state index in [9.17, 15) is 10.4 Å². The molecule has 0 saturated heterocycles. The minimum atomic E-state index is -0.473. The van der Waals surface area contributed by atoms with Crippen molar-refractivity contribution in [1.29, 1.82) is 5.26 Å². The fraction of sp³-hybridized carbons (Fsp3) is 0.125. The van der Waals surface area contributed by atoms with E-state index < -0.39 is 12.1 Å². The van der Waals surface area contributed by atoms with Crippen molar-refractivity contribution < 1.29 is 9.52 Å². The molecule has 11 heteroatoms. The maximum atomic E-state index is 10.1. The van der Waals surface area contributed by atoms with Gasteiger partial charge in [-0.1, -0.05) is 41.9 Å². The number of aromatic nitrogens is 5. The molecule has 2 atom stereocenters. The number of aliphatic hydroxyl groups is 1. The highest BCUT2D eigenvalue weighted by Gasteiger charge is 2.22. The van der Waals surface area contributed by atoms with Gasteiger partial charge in [0.25, 0.3) is 0 Å². The number of aliphatic hydroxyl groups excluding tert-OH is 1. The third-order valence-electron chi connectivity index (χ3n) is 5.54. The number of rotatable bonds is 8. The molecule has 0 spiro atoms. The van der Waals surface area contributed by atoms with Gasteiger partial charge in [0.15, 0.2) is 6.39 Å². The zero-order valence-electron chi connectivity index (χ0n) is 18.2. The van der Waals surface area contributed by atoms with Gasteiger partial charge in [-0.25, -0.2) is 4.98 Å². The Balaban J connectivity index is 1.59. The molecule has 10 nitrogen and oxygen atoms in total. The van der Waals surface area contributed by atoms with Gasteiger partial charge in [0, 0.05) is 17.3 Å². The molecule has 0 bridgehead atoms. The molecule has 0 unspecified atom stereocenters. The molecule has 0 aliphatic rings. The summed E-state index contributed by atoms with van der Waals surface area (Å²) in [6.07, 6.45) is 5.91. The third kappa shape index (κ3) is 4.50. The van der Waals surface area contributed by atoms with Crippen molar-refractivity contribution in [3.63, 3.8) is 0 Å². The first kappa shape index (κ1) is 22.3. The third-order valence-corrected chi connectivity index (χ3v) is 5.82. The predicted molar refractivity (Wildman–Crippen MR) is 130 cm³/mol. The van der Waals surface area contributed by atoms with Crippen LogP contribution in [0.2, 0.25) is 5.02 Å². The van der Waals surface area contributed by atoms with Crippen LogP contribution in [0.4, 0.5) is 11.4 Å². The molecule has 0 radical (unpaired) electrons. The summed E-state index contributed by atoms with van der Waals surface area (Å²) in [7, 11) is 0. The Morgan fingerprint density at radius 2 is 1.97 bits per heavy atom. The van der Waals surface area contributed by atoms with Crippen molar-refractivity contribution in [3.05, 3.63) is 95.1 Å². The Labute approximate surface area is 204 Å². The number of H-pyrrole nitrogens is 1. The normalized spacial score (nSPS) is 12.7. The van der Waals surface area contributed by atoms with Crippen molar-refractivity contribution in [2.75, 3.05) is 17.2 Å². The zero-order valence-corrected chi connectivity index (χ0v) is 18.9. The predicted octanol–water partition coefficient (Wildman–Crippen LogP) is 4.21. The van der Waals surface area contributed by atoms with Crippen molar-refractivity contribution in [2.24, 2.45) is 0 Å². The number of nitrogens with one attached hydrogen (secondary N) is 3. The lowest BCUT2D eigenvalue weighted by Gasteiger charge is -2.21. The Morgan fingerprint density at radius 3 is 2.66 bits per heavy atom. The monoisotopic (exact) mass is 486 g/mol. The van der Waals surface area contributed by atoms with Crippen LogP contribution < -0.4 is 10.6 Å². The molecule has 4 N–H and O–H groups in total. The van der Waals surface area contributed by atoms with Gasteiger partial charge in [-0.3, -0.25) is 4.98 Å². The number of fused-ring (bicyclic) bond motifs is 1. The lowest BCUT2D eigenvalue weighted by atomic mass is 10.0. The molecule has 3 heterocycles. The lowest BCUT2D eigenvalue weighted by molar-refractivity contribution is 0.276. The van der Waals surface area contributed by atoms with E-state index in [1.165, 1.54) is 18.9 Å². The molecular weight excluding hydrogens is 468 g/mol. The van der Waals surface area contributed by atoms with Crippen molar-refractivity contribution in [2.45, 2.75) is 12.1 Å². The van der Waals surface area contributed by atoms with Gasteiger partial charge in [0.2, 0.25) is 0 Å². The molecular formula is C24H19ClN8O2. The molecule has 3 aromatic heterocycles. The summed E-state index contributed by atoms with van der Waals surface area (Å²) < 4.78 is 5.16. The second kappa shape index (κ2) is 9.80. The second-order valence-electron chi connectivity index (χ2n) is 7.69. The maximum absolute atomic E-state index is 10.1. The minimum Gasteiger partial charge on any atom is -0.451 e. The summed E-state index contributed by atoms with van der Waals surface area (Å²) in [5, 5.41) is 38.2. The first-order chi connectivity index (χ1) is 17.2. The molecule has 0 saturated carbocycles. The van der Waals surface area contributed by atoms with Crippen LogP contribution in [0.3, 0.4) is 0 Å².